The number of carbonyl (C=O) groups excluding carboxylic acids is 1. The second-order valence-corrected chi connectivity index (χ2v) is 14.0. The first kappa shape index (κ1) is 32.6. The van der Waals surface area contributed by atoms with Crippen molar-refractivity contribution in [2.24, 2.45) is 0 Å². The Balaban J connectivity index is 1.29. The number of rotatable bonds is 11. The standard InChI is InChI=1S/C32H41FN6O5S/c1-5-39(21(2)3)32(40)24-18-22(33)6-7-27(24)44-29-19-34-20-37-31(29)38-15-10-23(11-16-38)43-28-9-14-36-25-8-13-35-26(30(25)28)12-17-45(4,41)42/h6-7,9,14,18-21,23,26,35H,5,8,10-13,15-17H2,1-4H3. The predicted molar refractivity (Wildman–Crippen MR) is 169 cm³/mol. The van der Waals surface area contributed by atoms with E-state index in [2.05, 4.69) is 25.2 Å². The van der Waals surface area contributed by atoms with E-state index in [4.69, 9.17) is 9.47 Å². The van der Waals surface area contributed by atoms with Crippen LogP contribution in [0.3, 0.4) is 0 Å². The molecule has 1 saturated heterocycles. The number of benzene rings is 1. The zero-order chi connectivity index (χ0) is 32.1. The Morgan fingerprint density at radius 2 is 1.93 bits per heavy atom. The van der Waals surface area contributed by atoms with Crippen LogP contribution in [0.5, 0.6) is 17.2 Å². The van der Waals surface area contributed by atoms with Crippen molar-refractivity contribution in [2.75, 3.05) is 43.1 Å². The number of pyridine rings is 1. The number of hydrogen-bond donors (Lipinski definition) is 1. The molecule has 0 spiro atoms. The normalized spacial score (nSPS) is 17.2. The number of ether oxygens (including phenoxy) is 2. The van der Waals surface area contributed by atoms with Gasteiger partial charge < -0.3 is 24.6 Å². The predicted octanol–water partition coefficient (Wildman–Crippen LogP) is 4.34. The molecule has 0 saturated carbocycles. The van der Waals surface area contributed by atoms with Crippen molar-refractivity contribution in [1.29, 1.82) is 0 Å². The quantitative estimate of drug-likeness (QED) is 0.323. The van der Waals surface area contributed by atoms with Gasteiger partial charge in [-0.3, -0.25) is 9.78 Å². The lowest BCUT2D eigenvalue weighted by molar-refractivity contribution is 0.0713. The second-order valence-electron chi connectivity index (χ2n) is 11.8. The summed E-state index contributed by atoms with van der Waals surface area (Å²) in [6.07, 6.45) is 8.58. The molecular weight excluding hydrogens is 599 g/mol. The third-order valence-electron chi connectivity index (χ3n) is 8.22. The Morgan fingerprint density at radius 3 is 2.64 bits per heavy atom. The van der Waals surface area contributed by atoms with Crippen LogP contribution in [0.4, 0.5) is 10.2 Å². The highest BCUT2D eigenvalue weighted by molar-refractivity contribution is 7.90. The molecule has 3 aromatic rings. The van der Waals surface area contributed by atoms with Gasteiger partial charge in [-0.15, -0.1) is 0 Å². The zero-order valence-corrected chi connectivity index (χ0v) is 27.0. The molecule has 0 aliphatic carbocycles. The highest BCUT2D eigenvalue weighted by Crippen LogP contribution is 2.36. The molecule has 1 amide bonds. The minimum atomic E-state index is -3.10. The summed E-state index contributed by atoms with van der Waals surface area (Å²) in [6.45, 7) is 8.18. The van der Waals surface area contributed by atoms with Crippen molar-refractivity contribution in [1.82, 2.24) is 25.2 Å². The molecule has 2 aromatic heterocycles. The van der Waals surface area contributed by atoms with Crippen LogP contribution in [0.25, 0.3) is 0 Å². The molecule has 0 radical (unpaired) electrons. The molecular formula is C32H41FN6O5S. The van der Waals surface area contributed by atoms with Crippen LogP contribution in [0.2, 0.25) is 0 Å². The Morgan fingerprint density at radius 1 is 1.16 bits per heavy atom. The summed E-state index contributed by atoms with van der Waals surface area (Å²) >= 11 is 0. The third kappa shape index (κ3) is 7.88. The number of anilines is 1. The van der Waals surface area contributed by atoms with E-state index in [9.17, 15) is 17.6 Å². The Kier molecular flexibility index (Phi) is 10.2. The molecule has 1 aromatic carbocycles. The zero-order valence-electron chi connectivity index (χ0n) is 26.2. The number of amides is 1. The fraction of sp³-hybridized carbons (Fsp3) is 0.500. The molecule has 4 heterocycles. The summed E-state index contributed by atoms with van der Waals surface area (Å²) in [7, 11) is -3.10. The topological polar surface area (TPSA) is 127 Å². The number of nitrogens with one attached hydrogen (secondary N) is 1. The number of carbonyl (C=O) groups is 1. The van der Waals surface area contributed by atoms with Crippen LogP contribution in [-0.2, 0) is 16.3 Å². The molecule has 11 nitrogen and oxygen atoms in total. The van der Waals surface area contributed by atoms with Gasteiger partial charge in [-0.25, -0.2) is 22.8 Å². The fourth-order valence-electron chi connectivity index (χ4n) is 5.98. The smallest absolute Gasteiger partial charge is 0.257 e. The minimum absolute atomic E-state index is 0.0613. The van der Waals surface area contributed by atoms with Crippen LogP contribution < -0.4 is 19.7 Å². The van der Waals surface area contributed by atoms with E-state index in [0.29, 0.717) is 50.5 Å². The van der Waals surface area contributed by atoms with Gasteiger partial charge in [0.15, 0.2) is 11.6 Å². The maximum Gasteiger partial charge on any atom is 0.257 e. The van der Waals surface area contributed by atoms with Crippen molar-refractivity contribution in [3.05, 3.63) is 65.6 Å². The molecule has 2 aliphatic heterocycles. The third-order valence-corrected chi connectivity index (χ3v) is 9.20. The minimum Gasteiger partial charge on any atom is -0.490 e. The van der Waals surface area contributed by atoms with Gasteiger partial charge in [0.1, 0.15) is 39.6 Å². The monoisotopic (exact) mass is 640 g/mol. The summed E-state index contributed by atoms with van der Waals surface area (Å²) < 4.78 is 50.7. The van der Waals surface area contributed by atoms with E-state index in [1.54, 1.807) is 17.3 Å². The molecule has 1 N–H and O–H groups in total. The number of hydrogen-bond acceptors (Lipinski definition) is 10. The van der Waals surface area contributed by atoms with Crippen molar-refractivity contribution in [3.8, 4) is 17.2 Å². The first-order valence-corrected chi connectivity index (χ1v) is 17.5. The van der Waals surface area contributed by atoms with Gasteiger partial charge >= 0.3 is 0 Å². The van der Waals surface area contributed by atoms with Gasteiger partial charge in [-0.2, -0.15) is 0 Å². The number of nitrogens with zero attached hydrogens (tertiary/aromatic N) is 5. The maximum absolute atomic E-state index is 14.3. The van der Waals surface area contributed by atoms with Crippen LogP contribution in [0.1, 0.15) is 67.7 Å². The number of sulfone groups is 1. The van der Waals surface area contributed by atoms with Gasteiger partial charge in [0.2, 0.25) is 0 Å². The number of aromatic nitrogens is 3. The summed E-state index contributed by atoms with van der Waals surface area (Å²) in [4.78, 5) is 30.3. The Hall–Kier alpha value is -3.84. The number of piperidine rings is 1. The van der Waals surface area contributed by atoms with Crippen LogP contribution in [0.15, 0.2) is 43.0 Å². The molecule has 5 rings (SSSR count). The Bertz CT molecular complexity index is 1610. The first-order valence-electron chi connectivity index (χ1n) is 15.4. The molecule has 2 aliphatic rings. The van der Waals surface area contributed by atoms with Crippen LogP contribution in [-0.4, -0.2) is 84.5 Å². The van der Waals surface area contributed by atoms with Crippen LogP contribution >= 0.6 is 0 Å². The van der Waals surface area contributed by atoms with E-state index >= 15 is 0 Å². The Labute approximate surface area is 264 Å². The largest absolute Gasteiger partial charge is 0.490 e. The fourth-order valence-corrected chi connectivity index (χ4v) is 6.64. The average molecular weight is 641 g/mol. The molecule has 0 bridgehead atoms. The summed E-state index contributed by atoms with van der Waals surface area (Å²) in [5.74, 6) is 1.17. The lowest BCUT2D eigenvalue weighted by Gasteiger charge is -2.35. The van der Waals surface area contributed by atoms with Crippen molar-refractivity contribution < 1.29 is 27.1 Å². The lowest BCUT2D eigenvalue weighted by atomic mass is 9.96. The maximum atomic E-state index is 14.3. The van der Waals surface area contributed by atoms with Gasteiger partial charge in [0.05, 0.1) is 23.2 Å². The molecule has 13 heteroatoms. The SMILES string of the molecule is CCN(C(=O)c1cc(F)ccc1Oc1cncnc1N1CCC(Oc2ccnc3c2C(CCS(C)(=O)=O)NCC3)CC1)C(C)C. The summed E-state index contributed by atoms with van der Waals surface area (Å²) in [5, 5.41) is 3.44. The molecule has 1 unspecified atom stereocenters. The summed E-state index contributed by atoms with van der Waals surface area (Å²) in [5.41, 5.74) is 2.03. The van der Waals surface area contributed by atoms with Crippen LogP contribution in [0, 0.1) is 5.82 Å². The van der Waals surface area contributed by atoms with E-state index in [1.165, 1.54) is 30.8 Å². The lowest BCUT2D eigenvalue weighted by Crippen LogP contribution is -2.39. The highest BCUT2D eigenvalue weighted by Gasteiger charge is 2.30. The number of fused-ring (bicyclic) bond motifs is 1. The van der Waals surface area contributed by atoms with Gasteiger partial charge in [-0.05, 0) is 51.5 Å². The number of halogens is 1. The molecule has 242 valence electrons. The van der Waals surface area contributed by atoms with Gasteiger partial charge in [0.25, 0.3) is 5.91 Å². The highest BCUT2D eigenvalue weighted by atomic mass is 32.2. The van der Waals surface area contributed by atoms with Gasteiger partial charge in [-0.1, -0.05) is 0 Å². The van der Waals surface area contributed by atoms with Crippen molar-refractivity contribution >= 4 is 21.6 Å². The van der Waals surface area contributed by atoms with E-state index in [1.807, 2.05) is 26.8 Å². The second kappa shape index (κ2) is 14.1. The molecule has 1 atom stereocenters. The van der Waals surface area contributed by atoms with E-state index in [0.717, 1.165) is 30.0 Å². The van der Waals surface area contributed by atoms with E-state index < -0.39 is 15.7 Å². The average Bonchev–Trinajstić information content (AvgIpc) is 3.01. The molecule has 1 fully saturated rings. The van der Waals surface area contributed by atoms with Crippen molar-refractivity contribution in [2.45, 2.75) is 64.6 Å². The molecule has 45 heavy (non-hydrogen) atoms. The first-order chi connectivity index (χ1) is 21.5. The summed E-state index contributed by atoms with van der Waals surface area (Å²) in [6, 6.07) is 5.59. The van der Waals surface area contributed by atoms with Crippen molar-refractivity contribution in [3.63, 3.8) is 0 Å². The van der Waals surface area contributed by atoms with E-state index in [-0.39, 0.29) is 41.2 Å². The van der Waals surface area contributed by atoms with Gasteiger partial charge in [0, 0.05) is 75.5 Å².